The molecule has 3 nitrogen and oxygen atoms in total. The molecular weight excluding hydrogens is 304 g/mol. The summed E-state index contributed by atoms with van der Waals surface area (Å²) in [6, 6.07) is 13.7. The number of nitrogens with zero attached hydrogens (tertiary/aromatic N) is 1. The van der Waals surface area contributed by atoms with Gasteiger partial charge in [-0.25, -0.2) is 0 Å². The summed E-state index contributed by atoms with van der Waals surface area (Å²) < 4.78 is 0. The number of hydrogen-bond acceptors (Lipinski definition) is 3. The smallest absolute Gasteiger partial charge is 0.262 e. The highest BCUT2D eigenvalue weighted by Gasteiger charge is 2.20. The van der Waals surface area contributed by atoms with Gasteiger partial charge in [-0.1, -0.05) is 35.9 Å². The van der Waals surface area contributed by atoms with E-state index in [4.69, 9.17) is 0 Å². The predicted octanol–water partition coefficient (Wildman–Crippen LogP) is 4.28. The highest BCUT2D eigenvalue weighted by molar-refractivity contribution is 7.12. The summed E-state index contributed by atoms with van der Waals surface area (Å²) >= 11 is 1.44. The van der Waals surface area contributed by atoms with Crippen LogP contribution < -0.4 is 5.32 Å². The van der Waals surface area contributed by atoms with Gasteiger partial charge in [0.25, 0.3) is 5.91 Å². The maximum Gasteiger partial charge on any atom is 0.262 e. The standard InChI is InChI=1S/C19H18N2OS/c1-13-7-8-14(2)16(11-13)18(15-5-3-9-20-12-15)21-19(22)17-6-4-10-23-17/h3-12,18H,1-2H3,(H,21,22)/t18-/m1/s1. The molecule has 1 N–H and O–H groups in total. The SMILES string of the molecule is Cc1ccc(C)c([C@H](NC(=O)c2cccs2)c2cccnc2)c1. The maximum absolute atomic E-state index is 12.5. The largest absolute Gasteiger partial charge is 0.340 e. The van der Waals surface area contributed by atoms with Crippen LogP contribution in [0.5, 0.6) is 0 Å². The Kier molecular flexibility index (Phi) is 4.53. The molecule has 0 saturated carbocycles. The quantitative estimate of drug-likeness (QED) is 0.779. The van der Waals surface area contributed by atoms with Crippen LogP contribution in [0.4, 0.5) is 0 Å². The molecule has 1 amide bonds. The van der Waals surface area contributed by atoms with Gasteiger partial charge in [-0.05, 0) is 48.1 Å². The topological polar surface area (TPSA) is 42.0 Å². The Labute approximate surface area is 140 Å². The minimum atomic E-state index is -0.210. The second-order valence-electron chi connectivity index (χ2n) is 5.53. The molecule has 0 aliphatic carbocycles. The first kappa shape index (κ1) is 15.4. The summed E-state index contributed by atoms with van der Waals surface area (Å²) in [7, 11) is 0. The Morgan fingerprint density at radius 2 is 2.04 bits per heavy atom. The number of aryl methyl sites for hydroxylation is 2. The van der Waals surface area contributed by atoms with Crippen molar-refractivity contribution in [1.29, 1.82) is 0 Å². The van der Waals surface area contributed by atoms with Gasteiger partial charge in [0.05, 0.1) is 10.9 Å². The zero-order valence-corrected chi connectivity index (χ0v) is 13.9. The van der Waals surface area contributed by atoms with E-state index in [9.17, 15) is 4.79 Å². The zero-order chi connectivity index (χ0) is 16.2. The lowest BCUT2D eigenvalue weighted by Crippen LogP contribution is -2.29. The minimum absolute atomic E-state index is 0.0604. The fraction of sp³-hybridized carbons (Fsp3) is 0.158. The number of hydrogen-bond donors (Lipinski definition) is 1. The number of benzene rings is 1. The van der Waals surface area contributed by atoms with Crippen molar-refractivity contribution in [2.75, 3.05) is 0 Å². The molecule has 0 fully saturated rings. The summed E-state index contributed by atoms with van der Waals surface area (Å²) in [5.41, 5.74) is 4.40. The summed E-state index contributed by atoms with van der Waals surface area (Å²) in [6.45, 7) is 4.12. The molecule has 0 radical (unpaired) electrons. The van der Waals surface area contributed by atoms with Crippen LogP contribution in [0, 0.1) is 13.8 Å². The van der Waals surface area contributed by atoms with Gasteiger partial charge in [-0.15, -0.1) is 11.3 Å². The van der Waals surface area contributed by atoms with Crippen LogP contribution in [0.25, 0.3) is 0 Å². The van der Waals surface area contributed by atoms with E-state index < -0.39 is 0 Å². The molecule has 116 valence electrons. The molecule has 1 aromatic carbocycles. The van der Waals surface area contributed by atoms with Gasteiger partial charge in [0, 0.05) is 12.4 Å². The van der Waals surface area contributed by atoms with Gasteiger partial charge < -0.3 is 5.32 Å². The minimum Gasteiger partial charge on any atom is -0.340 e. The Morgan fingerprint density at radius 1 is 1.17 bits per heavy atom. The first-order chi connectivity index (χ1) is 11.1. The van der Waals surface area contributed by atoms with Crippen LogP contribution in [0.2, 0.25) is 0 Å². The Balaban J connectivity index is 2.00. The fourth-order valence-corrected chi connectivity index (χ4v) is 3.20. The molecular formula is C19H18N2OS. The molecule has 2 heterocycles. The van der Waals surface area contributed by atoms with Crippen molar-refractivity contribution in [3.63, 3.8) is 0 Å². The number of nitrogens with one attached hydrogen (secondary N) is 1. The molecule has 1 atom stereocenters. The molecule has 0 aliphatic heterocycles. The lowest BCUT2D eigenvalue weighted by Gasteiger charge is -2.21. The maximum atomic E-state index is 12.5. The number of aromatic nitrogens is 1. The molecule has 0 spiro atoms. The van der Waals surface area contributed by atoms with Gasteiger partial charge in [0.1, 0.15) is 0 Å². The van der Waals surface area contributed by atoms with Crippen LogP contribution in [-0.4, -0.2) is 10.9 Å². The van der Waals surface area contributed by atoms with Crippen LogP contribution in [0.15, 0.2) is 60.2 Å². The lowest BCUT2D eigenvalue weighted by atomic mass is 9.94. The van der Waals surface area contributed by atoms with Gasteiger partial charge in [-0.3, -0.25) is 9.78 Å². The summed E-state index contributed by atoms with van der Waals surface area (Å²) in [6.07, 6.45) is 3.55. The van der Waals surface area contributed by atoms with Crippen LogP contribution in [0.1, 0.15) is 38.0 Å². The van der Waals surface area contributed by atoms with Crippen molar-refractivity contribution in [1.82, 2.24) is 10.3 Å². The average molecular weight is 322 g/mol. The van der Waals surface area contributed by atoms with Gasteiger partial charge in [-0.2, -0.15) is 0 Å². The van der Waals surface area contributed by atoms with Crippen molar-refractivity contribution < 1.29 is 4.79 Å². The van der Waals surface area contributed by atoms with E-state index in [1.807, 2.05) is 29.6 Å². The molecule has 4 heteroatoms. The first-order valence-electron chi connectivity index (χ1n) is 7.46. The van der Waals surface area contributed by atoms with Crippen molar-refractivity contribution in [2.45, 2.75) is 19.9 Å². The van der Waals surface area contributed by atoms with Gasteiger partial charge in [0.2, 0.25) is 0 Å². The van der Waals surface area contributed by atoms with Crippen molar-refractivity contribution in [3.05, 3.63) is 87.4 Å². The number of rotatable bonds is 4. The second kappa shape index (κ2) is 6.75. The number of amides is 1. The predicted molar refractivity (Wildman–Crippen MR) is 93.8 cm³/mol. The lowest BCUT2D eigenvalue weighted by molar-refractivity contribution is 0.0947. The zero-order valence-electron chi connectivity index (χ0n) is 13.1. The summed E-state index contributed by atoms with van der Waals surface area (Å²) in [5, 5.41) is 5.06. The third-order valence-corrected chi connectivity index (χ3v) is 4.65. The second-order valence-corrected chi connectivity index (χ2v) is 6.48. The normalized spacial score (nSPS) is 11.9. The van der Waals surface area contributed by atoms with E-state index in [2.05, 4.69) is 42.3 Å². The number of carbonyl (C=O) groups is 1. The van der Waals surface area contributed by atoms with Crippen molar-refractivity contribution in [3.8, 4) is 0 Å². The Morgan fingerprint density at radius 3 is 2.74 bits per heavy atom. The number of pyridine rings is 1. The molecule has 0 saturated heterocycles. The third kappa shape index (κ3) is 3.48. The monoisotopic (exact) mass is 322 g/mol. The van der Waals surface area contributed by atoms with Crippen molar-refractivity contribution >= 4 is 17.2 Å². The van der Waals surface area contributed by atoms with Crippen LogP contribution in [0.3, 0.4) is 0 Å². The molecule has 3 aromatic rings. The van der Waals surface area contributed by atoms with E-state index in [-0.39, 0.29) is 11.9 Å². The third-order valence-electron chi connectivity index (χ3n) is 3.78. The highest BCUT2D eigenvalue weighted by Crippen LogP contribution is 2.26. The van der Waals surface area contributed by atoms with E-state index in [0.717, 1.165) is 16.7 Å². The summed E-state index contributed by atoms with van der Waals surface area (Å²) in [5.74, 6) is -0.0604. The molecule has 23 heavy (non-hydrogen) atoms. The van der Waals surface area contributed by atoms with Gasteiger partial charge in [0.15, 0.2) is 0 Å². The fourth-order valence-electron chi connectivity index (χ4n) is 2.57. The van der Waals surface area contributed by atoms with E-state index in [1.165, 1.54) is 16.9 Å². The Hall–Kier alpha value is -2.46. The average Bonchev–Trinajstić information content (AvgIpc) is 3.10. The highest BCUT2D eigenvalue weighted by atomic mass is 32.1. The molecule has 0 aliphatic rings. The summed E-state index contributed by atoms with van der Waals surface area (Å²) in [4.78, 5) is 17.5. The van der Waals surface area contributed by atoms with E-state index >= 15 is 0 Å². The van der Waals surface area contributed by atoms with E-state index in [0.29, 0.717) is 4.88 Å². The first-order valence-corrected chi connectivity index (χ1v) is 8.34. The molecule has 0 bridgehead atoms. The molecule has 0 unspecified atom stereocenters. The molecule has 3 rings (SSSR count). The van der Waals surface area contributed by atoms with Crippen molar-refractivity contribution in [2.24, 2.45) is 0 Å². The Bertz CT molecular complexity index is 798. The molecule has 2 aromatic heterocycles. The van der Waals surface area contributed by atoms with Crippen LogP contribution in [-0.2, 0) is 0 Å². The number of thiophene rings is 1. The number of carbonyl (C=O) groups excluding carboxylic acids is 1. The van der Waals surface area contributed by atoms with Gasteiger partial charge >= 0.3 is 0 Å². The van der Waals surface area contributed by atoms with Crippen LogP contribution >= 0.6 is 11.3 Å². The van der Waals surface area contributed by atoms with E-state index in [1.54, 1.807) is 12.4 Å².